The Hall–Kier alpha value is 5.19. The summed E-state index contributed by atoms with van der Waals surface area (Å²) in [4.78, 5) is 7.75. The molecule has 0 aromatic rings. The van der Waals surface area contributed by atoms with Crippen LogP contribution in [0.3, 0.4) is 0 Å². The molecule has 0 unspecified atom stereocenters. The zero-order valence-corrected chi connectivity index (χ0v) is 18.1. The van der Waals surface area contributed by atoms with Crippen molar-refractivity contribution in [2.75, 3.05) is 0 Å². The summed E-state index contributed by atoms with van der Waals surface area (Å²) in [5, 5.41) is 0. The quantitative estimate of drug-likeness (QED) is 0.349. The molecule has 0 N–H and O–H groups in total. The fourth-order valence-electron chi connectivity index (χ4n) is 0. The number of carbonyl (C=O) groups excluding carboxylic acids is 1. The first-order valence-corrected chi connectivity index (χ1v) is 0.236. The number of hydrogen-bond donors (Lipinski definition) is 0. The van der Waals surface area contributed by atoms with Crippen LogP contribution in [0.25, 0.3) is 0 Å². The molecule has 0 aliphatic heterocycles. The number of hydrogen-bond acceptors (Lipinski definition) is 1. The molecule has 27 valence electrons. The van der Waals surface area contributed by atoms with E-state index in [-0.39, 0.29) is 164 Å². The summed E-state index contributed by atoms with van der Waals surface area (Å²) in [6.07, 6.45) is 0. The first-order chi connectivity index (χ1) is 1.00. The van der Waals surface area contributed by atoms with Gasteiger partial charge in [0, 0.05) is 164 Å². The summed E-state index contributed by atoms with van der Waals surface area (Å²) in [5.74, 6) is 0. The fourth-order valence-corrected chi connectivity index (χ4v) is 0. The second kappa shape index (κ2) is 43.1. The van der Waals surface area contributed by atoms with Crippen molar-refractivity contribution in [2.24, 2.45) is 0 Å². The maximum Gasteiger partial charge on any atom is 0 e. The molecule has 1 nitrogen and oxygen atoms in total. The van der Waals surface area contributed by atoms with Crippen LogP contribution in [0.1, 0.15) is 0 Å². The minimum Gasteiger partial charge on any atom is -0.545 e. The predicted molar refractivity (Wildman–Crippen MR) is 6.75 cm³/mol. The van der Waals surface area contributed by atoms with Crippen molar-refractivity contribution in [2.45, 2.75) is 0 Å². The van der Waals surface area contributed by atoms with E-state index in [1.54, 1.807) is 0 Å². The zero-order valence-electron chi connectivity index (χ0n) is 3.87. The minimum atomic E-state index is 0. The molecule has 0 atom stereocenters. The summed E-state index contributed by atoms with van der Waals surface area (Å²) in [6.45, 7) is 3.25. The second-order valence-corrected chi connectivity index (χ2v) is 0. The second-order valence-electron chi connectivity index (χ2n) is 0. The van der Waals surface area contributed by atoms with E-state index in [9.17, 15) is 0 Å². The largest absolute Gasteiger partial charge is 0.545 e. The van der Waals surface area contributed by atoms with Crippen LogP contribution in [0.15, 0.2) is 0 Å². The van der Waals surface area contributed by atoms with E-state index in [0.717, 1.165) is 0 Å². The Kier molecular flexibility index (Phi) is 246. The van der Waals surface area contributed by atoms with Gasteiger partial charge in [0.15, 0.2) is 0 Å². The maximum atomic E-state index is 7.75. The molecular weight excluding hydrogens is 473 g/mol. The van der Waals surface area contributed by atoms with Gasteiger partial charge in [-0.15, -0.1) is 0 Å². The van der Waals surface area contributed by atoms with E-state index < -0.39 is 0 Å². The summed E-state index contributed by atoms with van der Waals surface area (Å²) < 4.78 is 0. The monoisotopic (exact) mass is 474 g/mol. The van der Waals surface area contributed by atoms with Crippen molar-refractivity contribution in [1.82, 2.24) is 0 Å². The molecule has 7 heavy (non-hydrogen) atoms. The van der Waals surface area contributed by atoms with Crippen LogP contribution in [0.2, 0.25) is 0 Å². The van der Waals surface area contributed by atoms with Gasteiger partial charge in [-0.25, -0.2) is 0 Å². The first kappa shape index (κ1) is 39.8. The molecule has 0 amide bonds. The molecule has 0 bridgehead atoms. The Morgan fingerprint density at radius 3 is 0.571 bits per heavy atom. The van der Waals surface area contributed by atoms with Gasteiger partial charge >= 0.3 is 0 Å². The third-order valence-electron chi connectivity index (χ3n) is 0. The number of rotatable bonds is 0. The van der Waals surface area contributed by atoms with Crippen molar-refractivity contribution in [3.63, 3.8) is 0 Å². The summed E-state index contributed by atoms with van der Waals surface area (Å²) in [7, 11) is 0. The molecule has 0 rings (SSSR count). The van der Waals surface area contributed by atoms with Gasteiger partial charge in [0.2, 0.25) is 0 Å². The molecule has 0 aromatic carbocycles. The van der Waals surface area contributed by atoms with E-state index in [4.69, 9.17) is 4.79 Å². The molecule has 0 fully saturated rings. The predicted octanol–water partition coefficient (Wildman–Crippen LogP) is -0.287. The van der Waals surface area contributed by atoms with Crippen molar-refractivity contribution in [3.8, 4) is 0 Å². The van der Waals surface area contributed by atoms with E-state index in [1.807, 2.05) is 0 Å². The molecule has 0 spiro atoms. The van der Waals surface area contributed by atoms with Gasteiger partial charge in [-0.1, -0.05) is 0 Å². The smallest absolute Gasteiger partial charge is 0 e. The van der Waals surface area contributed by atoms with Gasteiger partial charge in [0.1, 0.15) is 0 Å². The van der Waals surface area contributed by atoms with Crippen LogP contribution in [-0.4, -0.2) is 6.79 Å². The minimum absolute atomic E-state index is 0. The molecule has 6 heteroatoms. The fraction of sp³-hybridized carbons (Fsp3) is 0. The van der Waals surface area contributed by atoms with Gasteiger partial charge in [-0.05, 0) is 0 Å². The van der Waals surface area contributed by atoms with Gasteiger partial charge in [-0.3, -0.25) is 6.79 Å². The summed E-state index contributed by atoms with van der Waals surface area (Å²) >= 11 is 0. The molecule has 0 heterocycles. The summed E-state index contributed by atoms with van der Waals surface area (Å²) in [5.41, 5.74) is 0. The molecule has 0 aliphatic carbocycles. The molecule has 0 saturated heterocycles. The van der Waals surface area contributed by atoms with E-state index in [2.05, 4.69) is 6.79 Å². The normalized spacial score (nSPS) is 0.571. The standard InChI is InChI=1S/CHO.5Y/c1-2;;;;;/h1H;;;;;/q-1;;;;;. The molecule has 5 radical (unpaired) electrons. The van der Waals surface area contributed by atoms with E-state index in [1.165, 1.54) is 0 Å². The topological polar surface area (TPSA) is 17.1 Å². The third kappa shape index (κ3) is 35.1. The van der Waals surface area contributed by atoms with Crippen molar-refractivity contribution in [1.29, 1.82) is 0 Å². The Labute approximate surface area is 170 Å². The van der Waals surface area contributed by atoms with Gasteiger partial charge < -0.3 is 4.79 Å². The van der Waals surface area contributed by atoms with Gasteiger partial charge in [0.05, 0.1) is 0 Å². The van der Waals surface area contributed by atoms with Crippen molar-refractivity contribution >= 4 is 6.79 Å². The maximum absolute atomic E-state index is 7.75. The first-order valence-electron chi connectivity index (χ1n) is 0.236. The zero-order chi connectivity index (χ0) is 2.00. The van der Waals surface area contributed by atoms with Crippen LogP contribution in [-0.2, 0) is 168 Å². The molecule has 0 aromatic heterocycles. The van der Waals surface area contributed by atoms with Crippen LogP contribution < -0.4 is 0 Å². The van der Waals surface area contributed by atoms with Crippen LogP contribution in [0, 0.1) is 0 Å². The van der Waals surface area contributed by atoms with E-state index in [0.29, 0.717) is 0 Å². The Morgan fingerprint density at radius 2 is 0.571 bits per heavy atom. The van der Waals surface area contributed by atoms with Crippen LogP contribution in [0.4, 0.5) is 0 Å². The van der Waals surface area contributed by atoms with Crippen LogP contribution in [0.5, 0.6) is 0 Å². The van der Waals surface area contributed by atoms with Crippen molar-refractivity contribution in [3.05, 3.63) is 0 Å². The average Bonchev–Trinajstić information content (AvgIpc) is 1.00. The Bertz CT molecular complexity index is 8.04. The van der Waals surface area contributed by atoms with Crippen molar-refractivity contribution < 1.29 is 168 Å². The molecular formula is CHOY5-. The van der Waals surface area contributed by atoms with Gasteiger partial charge in [-0.2, -0.15) is 0 Å². The molecule has 0 aliphatic rings. The van der Waals surface area contributed by atoms with Crippen LogP contribution >= 0.6 is 0 Å². The molecule has 0 saturated carbocycles. The van der Waals surface area contributed by atoms with E-state index >= 15 is 0 Å². The Morgan fingerprint density at radius 1 is 0.571 bits per heavy atom. The Balaban J connectivity index is -0.000000000500. The summed E-state index contributed by atoms with van der Waals surface area (Å²) in [6, 6.07) is 0. The third-order valence-corrected chi connectivity index (χ3v) is 0. The SMILES string of the molecule is [CH-]=O.[Y].[Y].[Y].[Y].[Y]. The average molecular weight is 474 g/mol. The van der Waals surface area contributed by atoms with Gasteiger partial charge in [0.25, 0.3) is 0 Å².